The normalized spacial score (nSPS) is 12.4. The molecule has 0 spiro atoms. The van der Waals surface area contributed by atoms with E-state index in [1.807, 2.05) is 30.3 Å². The van der Waals surface area contributed by atoms with Crippen molar-refractivity contribution in [2.45, 2.75) is 26.2 Å². The summed E-state index contributed by atoms with van der Waals surface area (Å²) in [6.45, 7) is 2.26. The number of aryl methyl sites for hydroxylation is 1. The van der Waals surface area contributed by atoms with Crippen molar-refractivity contribution in [2.24, 2.45) is 0 Å². The lowest BCUT2D eigenvalue weighted by molar-refractivity contribution is -0.117. The second-order valence-corrected chi connectivity index (χ2v) is 6.12. The quantitative estimate of drug-likeness (QED) is 0.934. The highest BCUT2D eigenvalue weighted by atomic mass is 16.2. The van der Waals surface area contributed by atoms with Crippen molar-refractivity contribution < 1.29 is 9.59 Å². The fourth-order valence-corrected chi connectivity index (χ4v) is 3.03. The average Bonchev–Trinajstić information content (AvgIpc) is 3.04. The molecule has 0 radical (unpaired) electrons. The van der Waals surface area contributed by atoms with Crippen molar-refractivity contribution in [3.63, 3.8) is 0 Å². The van der Waals surface area contributed by atoms with Crippen LogP contribution in [0.5, 0.6) is 0 Å². The number of hydrogen-bond donors (Lipinski definition) is 1. The van der Waals surface area contributed by atoms with E-state index in [1.165, 1.54) is 0 Å². The molecule has 2 aromatic rings. The monoisotopic (exact) mass is 333 g/mol. The summed E-state index contributed by atoms with van der Waals surface area (Å²) in [4.78, 5) is 25.5. The molecule has 1 heterocycles. The van der Waals surface area contributed by atoms with Crippen LogP contribution >= 0.6 is 0 Å². The van der Waals surface area contributed by atoms with Crippen LogP contribution in [0.4, 0.5) is 11.4 Å². The van der Waals surface area contributed by atoms with Crippen LogP contribution in [-0.2, 0) is 22.4 Å². The van der Waals surface area contributed by atoms with Gasteiger partial charge in [-0.25, -0.2) is 0 Å². The molecule has 3 rings (SSSR count). The van der Waals surface area contributed by atoms with Crippen LogP contribution in [0.2, 0.25) is 0 Å². The first kappa shape index (κ1) is 16.7. The fraction of sp³-hybridized carbons (Fsp3) is 0.250. The average molecular weight is 333 g/mol. The number of nitrogens with one attached hydrogen (secondary N) is 1. The molecule has 0 bridgehead atoms. The number of benzene rings is 2. The summed E-state index contributed by atoms with van der Waals surface area (Å²) in [6.07, 6.45) is 1.81. The third-order valence-corrected chi connectivity index (χ3v) is 4.36. The minimum Gasteiger partial charge on any atom is -0.326 e. The van der Waals surface area contributed by atoms with Crippen molar-refractivity contribution in [3.8, 4) is 6.07 Å². The zero-order valence-corrected chi connectivity index (χ0v) is 14.1. The first-order valence-electron chi connectivity index (χ1n) is 8.27. The summed E-state index contributed by atoms with van der Waals surface area (Å²) in [7, 11) is 0. The van der Waals surface area contributed by atoms with Crippen molar-refractivity contribution in [1.82, 2.24) is 0 Å². The third-order valence-electron chi connectivity index (χ3n) is 4.36. The summed E-state index contributed by atoms with van der Waals surface area (Å²) in [6, 6.07) is 15.0. The second kappa shape index (κ2) is 7.18. The van der Waals surface area contributed by atoms with Gasteiger partial charge in [0.05, 0.1) is 11.6 Å². The van der Waals surface area contributed by atoms with Gasteiger partial charge in [0.25, 0.3) is 0 Å². The maximum atomic E-state index is 12.2. The summed E-state index contributed by atoms with van der Waals surface area (Å²) >= 11 is 0. The lowest BCUT2D eigenvalue weighted by Gasteiger charge is -2.15. The molecule has 0 unspecified atom stereocenters. The Morgan fingerprint density at radius 2 is 1.96 bits per heavy atom. The van der Waals surface area contributed by atoms with Crippen LogP contribution in [0.1, 0.15) is 30.0 Å². The van der Waals surface area contributed by atoms with Crippen LogP contribution in [-0.4, -0.2) is 18.4 Å². The van der Waals surface area contributed by atoms with E-state index >= 15 is 0 Å². The van der Waals surface area contributed by atoms with Crippen LogP contribution < -0.4 is 10.2 Å². The van der Waals surface area contributed by atoms with E-state index < -0.39 is 0 Å². The van der Waals surface area contributed by atoms with Gasteiger partial charge in [0.2, 0.25) is 11.8 Å². The number of hydrogen-bond acceptors (Lipinski definition) is 3. The van der Waals surface area contributed by atoms with Crippen molar-refractivity contribution in [1.29, 1.82) is 5.26 Å². The number of nitrogens with zero attached hydrogens (tertiary/aromatic N) is 2. The molecule has 1 N–H and O–H groups in total. The molecule has 5 nitrogen and oxygen atoms in total. The molecule has 0 fully saturated rings. The molecule has 2 aromatic carbocycles. The van der Waals surface area contributed by atoms with Crippen LogP contribution in [0.15, 0.2) is 42.5 Å². The van der Waals surface area contributed by atoms with Gasteiger partial charge in [0.1, 0.15) is 0 Å². The summed E-state index contributed by atoms with van der Waals surface area (Å²) in [5.74, 6) is -0.0105. The Bertz CT molecular complexity index is 850. The molecule has 0 saturated carbocycles. The second-order valence-electron chi connectivity index (χ2n) is 6.12. The number of anilines is 2. The number of carbonyl (C=O) groups is 2. The predicted octanol–water partition coefficient (Wildman–Crippen LogP) is 3.04. The summed E-state index contributed by atoms with van der Waals surface area (Å²) < 4.78 is 0. The zero-order valence-electron chi connectivity index (χ0n) is 14.1. The van der Waals surface area contributed by atoms with E-state index in [0.29, 0.717) is 24.9 Å². The minimum atomic E-state index is -0.0502. The van der Waals surface area contributed by atoms with Crippen LogP contribution in [0.3, 0.4) is 0 Å². The van der Waals surface area contributed by atoms with Gasteiger partial charge in [-0.15, -0.1) is 0 Å². The standard InChI is InChI=1S/C20H19N3O2/c1-14(24)23-11-10-17-12-18(7-8-19(17)23)22-20(25)9-6-15-2-4-16(13-21)5-3-15/h2-5,7-8,12H,6,9-11H2,1H3,(H,22,25). The maximum Gasteiger partial charge on any atom is 0.224 e. The zero-order chi connectivity index (χ0) is 17.8. The predicted molar refractivity (Wildman–Crippen MR) is 96.3 cm³/mol. The van der Waals surface area contributed by atoms with Gasteiger partial charge in [-0.1, -0.05) is 12.1 Å². The van der Waals surface area contributed by atoms with E-state index in [-0.39, 0.29) is 11.8 Å². The van der Waals surface area contributed by atoms with E-state index in [9.17, 15) is 9.59 Å². The third kappa shape index (κ3) is 3.86. The SMILES string of the molecule is CC(=O)N1CCc2cc(NC(=O)CCc3ccc(C#N)cc3)ccc21. The van der Waals surface area contributed by atoms with Gasteiger partial charge in [-0.2, -0.15) is 5.26 Å². The minimum absolute atomic E-state index is 0.0398. The largest absolute Gasteiger partial charge is 0.326 e. The maximum absolute atomic E-state index is 12.2. The molecule has 126 valence electrons. The number of nitriles is 1. The van der Waals surface area contributed by atoms with Gasteiger partial charge in [0.15, 0.2) is 0 Å². The lowest BCUT2D eigenvalue weighted by atomic mass is 10.1. The van der Waals surface area contributed by atoms with Gasteiger partial charge in [0, 0.05) is 31.3 Å². The molecular formula is C20H19N3O2. The van der Waals surface area contributed by atoms with E-state index in [1.54, 1.807) is 24.0 Å². The lowest BCUT2D eigenvalue weighted by Crippen LogP contribution is -2.25. The van der Waals surface area contributed by atoms with Gasteiger partial charge < -0.3 is 10.2 Å². The van der Waals surface area contributed by atoms with Crippen LogP contribution in [0, 0.1) is 11.3 Å². The highest BCUT2D eigenvalue weighted by molar-refractivity contribution is 5.95. The number of rotatable bonds is 4. The molecule has 25 heavy (non-hydrogen) atoms. The van der Waals surface area contributed by atoms with Gasteiger partial charge in [-0.05, 0) is 54.3 Å². The van der Waals surface area contributed by atoms with E-state index in [4.69, 9.17) is 5.26 Å². The number of fused-ring (bicyclic) bond motifs is 1. The molecule has 0 aromatic heterocycles. The van der Waals surface area contributed by atoms with Gasteiger partial charge >= 0.3 is 0 Å². The molecule has 0 saturated heterocycles. The molecule has 0 atom stereocenters. The Morgan fingerprint density at radius 3 is 2.64 bits per heavy atom. The Kier molecular flexibility index (Phi) is 4.80. The van der Waals surface area contributed by atoms with Crippen molar-refractivity contribution in [2.75, 3.05) is 16.8 Å². The topological polar surface area (TPSA) is 73.2 Å². The van der Waals surface area contributed by atoms with Crippen LogP contribution in [0.25, 0.3) is 0 Å². The first-order chi connectivity index (χ1) is 12.1. The molecule has 1 aliphatic heterocycles. The highest BCUT2D eigenvalue weighted by Gasteiger charge is 2.22. The number of carbonyl (C=O) groups excluding carboxylic acids is 2. The molecule has 1 aliphatic rings. The smallest absolute Gasteiger partial charge is 0.224 e. The van der Waals surface area contributed by atoms with Crippen molar-refractivity contribution >= 4 is 23.2 Å². The van der Waals surface area contributed by atoms with E-state index in [0.717, 1.165) is 28.9 Å². The fourth-order valence-electron chi connectivity index (χ4n) is 3.03. The Morgan fingerprint density at radius 1 is 1.20 bits per heavy atom. The molecule has 5 heteroatoms. The Labute approximate surface area is 146 Å². The highest BCUT2D eigenvalue weighted by Crippen LogP contribution is 2.30. The Balaban J connectivity index is 1.58. The number of amides is 2. The van der Waals surface area contributed by atoms with Crippen molar-refractivity contribution in [3.05, 3.63) is 59.2 Å². The first-order valence-corrected chi connectivity index (χ1v) is 8.27. The summed E-state index contributed by atoms with van der Waals surface area (Å²) in [5.41, 5.74) is 4.42. The summed E-state index contributed by atoms with van der Waals surface area (Å²) in [5, 5.41) is 11.7. The molecular weight excluding hydrogens is 314 g/mol. The van der Waals surface area contributed by atoms with Gasteiger partial charge in [-0.3, -0.25) is 9.59 Å². The van der Waals surface area contributed by atoms with E-state index in [2.05, 4.69) is 11.4 Å². The molecule has 2 amide bonds. The molecule has 0 aliphatic carbocycles. The Hall–Kier alpha value is -3.13.